The topological polar surface area (TPSA) is 100 Å². The Morgan fingerprint density at radius 2 is 1.74 bits per heavy atom. The molecule has 0 radical (unpaired) electrons. The highest BCUT2D eigenvalue weighted by Gasteiger charge is 2.24. The van der Waals surface area contributed by atoms with E-state index in [-0.39, 0.29) is 22.6 Å². The molecule has 1 fully saturated rings. The normalized spacial score (nSPS) is 14.4. The fourth-order valence-electron chi connectivity index (χ4n) is 3.99. The zero-order valence-electron chi connectivity index (χ0n) is 18.0. The summed E-state index contributed by atoms with van der Waals surface area (Å²) in [7, 11) is -3.77. The summed E-state index contributed by atoms with van der Waals surface area (Å²) < 4.78 is 43.0. The number of aromatic nitrogens is 3. The average molecular weight is 481 g/mol. The quantitative estimate of drug-likeness (QED) is 0.482. The second-order valence-electron chi connectivity index (χ2n) is 7.81. The maximum Gasteiger partial charge on any atom is 0.328 e. The summed E-state index contributed by atoms with van der Waals surface area (Å²) >= 11 is 0. The first-order chi connectivity index (χ1) is 16.4. The van der Waals surface area contributed by atoms with E-state index in [2.05, 4.69) is 19.6 Å². The lowest BCUT2D eigenvalue weighted by molar-refractivity contribution is 0.197. The number of carbonyl (C=O) groups excluding carboxylic acids is 1. The van der Waals surface area contributed by atoms with E-state index in [1.165, 1.54) is 41.4 Å². The van der Waals surface area contributed by atoms with Crippen LogP contribution < -0.4 is 9.62 Å². The van der Waals surface area contributed by atoms with Gasteiger partial charge in [0, 0.05) is 49.6 Å². The fourth-order valence-corrected chi connectivity index (χ4v) is 5.00. The molecular formula is C23H21FN6O3S. The van der Waals surface area contributed by atoms with Crippen LogP contribution in [0.25, 0.3) is 10.9 Å². The van der Waals surface area contributed by atoms with Crippen molar-refractivity contribution in [3.05, 3.63) is 79.1 Å². The highest BCUT2D eigenvalue weighted by molar-refractivity contribution is 7.92. The molecule has 0 bridgehead atoms. The Kier molecular flexibility index (Phi) is 5.62. The molecule has 34 heavy (non-hydrogen) atoms. The van der Waals surface area contributed by atoms with Crippen LogP contribution in [0.3, 0.4) is 0 Å². The minimum absolute atomic E-state index is 0.121. The molecule has 1 aliphatic rings. The van der Waals surface area contributed by atoms with Gasteiger partial charge in [-0.1, -0.05) is 6.07 Å². The Morgan fingerprint density at radius 3 is 2.44 bits per heavy atom. The molecule has 2 aromatic carbocycles. The average Bonchev–Trinajstić information content (AvgIpc) is 3.30. The Hall–Kier alpha value is -3.99. The molecule has 1 amide bonds. The Labute approximate surface area is 195 Å². The van der Waals surface area contributed by atoms with Gasteiger partial charge in [0.15, 0.2) is 0 Å². The van der Waals surface area contributed by atoms with Crippen LogP contribution in [0, 0.1) is 5.82 Å². The molecule has 0 unspecified atom stereocenters. The number of sulfonamides is 1. The SMILES string of the molecule is O=C(N1CCN(c2ccc(S(=O)(=O)Nc3ccncn3)cc2)CC1)n1ccc2c(F)cccc21. The molecule has 0 spiro atoms. The molecule has 1 N–H and O–H groups in total. The Balaban J connectivity index is 1.24. The predicted octanol–water partition coefficient (Wildman–Crippen LogP) is 3.16. The molecule has 0 aliphatic carbocycles. The number of fused-ring (bicyclic) bond motifs is 1. The van der Waals surface area contributed by atoms with Gasteiger partial charge in [-0.2, -0.15) is 0 Å². The molecule has 1 aliphatic heterocycles. The zero-order chi connectivity index (χ0) is 23.7. The van der Waals surface area contributed by atoms with Crippen LogP contribution in [0.15, 0.2) is 78.2 Å². The number of piperazine rings is 1. The van der Waals surface area contributed by atoms with Gasteiger partial charge in [-0.05, 0) is 48.5 Å². The molecule has 5 rings (SSSR count). The van der Waals surface area contributed by atoms with Gasteiger partial charge in [-0.3, -0.25) is 9.29 Å². The number of anilines is 2. The monoisotopic (exact) mass is 480 g/mol. The number of rotatable bonds is 4. The minimum Gasteiger partial charge on any atom is -0.368 e. The number of nitrogens with zero attached hydrogens (tertiary/aromatic N) is 5. The van der Waals surface area contributed by atoms with Crippen LogP contribution in [-0.4, -0.2) is 60.1 Å². The lowest BCUT2D eigenvalue weighted by Gasteiger charge is -2.36. The second-order valence-corrected chi connectivity index (χ2v) is 9.49. The standard InChI is InChI=1S/C23H21FN6O3S/c24-20-2-1-3-21-19(20)9-11-30(21)23(31)29-14-12-28(13-15-29)17-4-6-18(7-5-17)34(32,33)27-22-8-10-25-16-26-22/h1-11,16H,12-15H2,(H,25,26,27). The second kappa shape index (κ2) is 8.75. The van der Waals surface area contributed by atoms with Gasteiger partial charge >= 0.3 is 6.03 Å². The van der Waals surface area contributed by atoms with Gasteiger partial charge in [0.2, 0.25) is 0 Å². The van der Waals surface area contributed by atoms with E-state index in [0.29, 0.717) is 37.1 Å². The van der Waals surface area contributed by atoms with Gasteiger partial charge in [-0.25, -0.2) is 27.6 Å². The molecular weight excluding hydrogens is 459 g/mol. The van der Waals surface area contributed by atoms with Crippen molar-refractivity contribution < 1.29 is 17.6 Å². The van der Waals surface area contributed by atoms with Gasteiger partial charge < -0.3 is 9.80 Å². The van der Waals surface area contributed by atoms with E-state index in [0.717, 1.165) is 5.69 Å². The molecule has 1 saturated heterocycles. The summed E-state index contributed by atoms with van der Waals surface area (Å²) in [6.07, 6.45) is 4.31. The van der Waals surface area contributed by atoms with Crippen molar-refractivity contribution in [1.29, 1.82) is 0 Å². The predicted molar refractivity (Wildman–Crippen MR) is 126 cm³/mol. The Bertz CT molecular complexity index is 1430. The molecule has 11 heteroatoms. The lowest BCUT2D eigenvalue weighted by Crippen LogP contribution is -2.49. The molecule has 4 aromatic rings. The van der Waals surface area contributed by atoms with Crippen molar-refractivity contribution >= 4 is 38.5 Å². The van der Waals surface area contributed by atoms with Crippen molar-refractivity contribution in [2.24, 2.45) is 0 Å². The Morgan fingerprint density at radius 1 is 0.971 bits per heavy atom. The third-order valence-corrected chi connectivity index (χ3v) is 7.14. The smallest absolute Gasteiger partial charge is 0.328 e. The summed E-state index contributed by atoms with van der Waals surface area (Å²) in [5.74, 6) is -0.162. The lowest BCUT2D eigenvalue weighted by atomic mass is 10.2. The van der Waals surface area contributed by atoms with Crippen LogP contribution in [0.1, 0.15) is 0 Å². The van der Waals surface area contributed by atoms with Crippen molar-refractivity contribution in [1.82, 2.24) is 19.4 Å². The number of hydrogen-bond acceptors (Lipinski definition) is 6. The van der Waals surface area contributed by atoms with Crippen molar-refractivity contribution in [3.63, 3.8) is 0 Å². The van der Waals surface area contributed by atoms with Gasteiger partial charge in [0.1, 0.15) is 18.0 Å². The minimum atomic E-state index is -3.77. The molecule has 3 heterocycles. The summed E-state index contributed by atoms with van der Waals surface area (Å²) in [6, 6.07) is 14.1. The largest absolute Gasteiger partial charge is 0.368 e. The van der Waals surface area contributed by atoms with Crippen molar-refractivity contribution in [2.45, 2.75) is 4.90 Å². The van der Waals surface area contributed by atoms with E-state index in [1.807, 2.05) is 0 Å². The van der Waals surface area contributed by atoms with Crippen LogP contribution >= 0.6 is 0 Å². The first-order valence-corrected chi connectivity index (χ1v) is 12.1. The van der Waals surface area contributed by atoms with Crippen molar-refractivity contribution in [3.8, 4) is 0 Å². The number of benzene rings is 2. The molecule has 9 nitrogen and oxygen atoms in total. The highest BCUT2D eigenvalue weighted by atomic mass is 32.2. The summed E-state index contributed by atoms with van der Waals surface area (Å²) in [4.78, 5) is 24.6. The number of hydrogen-bond donors (Lipinski definition) is 1. The maximum absolute atomic E-state index is 14.0. The fraction of sp³-hybridized carbons (Fsp3) is 0.174. The number of amides is 1. The number of halogens is 1. The van der Waals surface area contributed by atoms with Gasteiger partial charge in [-0.15, -0.1) is 0 Å². The highest BCUT2D eigenvalue weighted by Crippen LogP contribution is 2.23. The number of carbonyl (C=O) groups is 1. The maximum atomic E-state index is 14.0. The first-order valence-electron chi connectivity index (χ1n) is 10.6. The van der Waals surface area contributed by atoms with E-state index in [4.69, 9.17) is 0 Å². The first kappa shape index (κ1) is 21.8. The summed E-state index contributed by atoms with van der Waals surface area (Å²) in [6.45, 7) is 2.15. The molecule has 0 saturated carbocycles. The van der Waals surface area contributed by atoms with Crippen LogP contribution in [0.5, 0.6) is 0 Å². The van der Waals surface area contributed by atoms with Crippen molar-refractivity contribution in [2.75, 3.05) is 35.8 Å². The molecule has 174 valence electrons. The van der Waals surface area contributed by atoms with E-state index in [1.54, 1.807) is 41.4 Å². The van der Waals surface area contributed by atoms with E-state index in [9.17, 15) is 17.6 Å². The van der Waals surface area contributed by atoms with Gasteiger partial charge in [0.25, 0.3) is 10.0 Å². The number of nitrogens with one attached hydrogen (secondary N) is 1. The third-order valence-electron chi connectivity index (χ3n) is 5.77. The van der Waals surface area contributed by atoms with E-state index >= 15 is 0 Å². The van der Waals surface area contributed by atoms with Gasteiger partial charge in [0.05, 0.1) is 10.4 Å². The van der Waals surface area contributed by atoms with E-state index < -0.39 is 10.0 Å². The van der Waals surface area contributed by atoms with Crippen LogP contribution in [0.4, 0.5) is 20.7 Å². The van der Waals surface area contributed by atoms with Crippen LogP contribution in [-0.2, 0) is 10.0 Å². The van der Waals surface area contributed by atoms with Crippen LogP contribution in [0.2, 0.25) is 0 Å². The summed E-state index contributed by atoms with van der Waals surface area (Å²) in [5.41, 5.74) is 1.40. The molecule has 2 aromatic heterocycles. The zero-order valence-corrected chi connectivity index (χ0v) is 18.8. The third kappa shape index (κ3) is 4.17. The summed E-state index contributed by atoms with van der Waals surface area (Å²) in [5, 5.41) is 0.415. The molecule has 0 atom stereocenters.